The number of aromatic nitrogens is 1. The van der Waals surface area contributed by atoms with Gasteiger partial charge in [0.15, 0.2) is 12.4 Å². The van der Waals surface area contributed by atoms with Crippen LogP contribution < -0.4 is 4.57 Å². The molecule has 0 bridgehead atoms. The second-order valence-corrected chi connectivity index (χ2v) is 6.80. The number of carbonyl (C=O) groups is 2. The molecular weight excluding hydrogens is 332 g/mol. The van der Waals surface area contributed by atoms with Gasteiger partial charge in [0.25, 0.3) is 0 Å². The fourth-order valence-electron chi connectivity index (χ4n) is 3.83. The second kappa shape index (κ2) is 7.83. The zero-order chi connectivity index (χ0) is 18.7. The van der Waals surface area contributed by atoms with Crippen molar-refractivity contribution in [2.75, 3.05) is 6.61 Å². The molecule has 1 N–H and O–H groups in total. The largest absolute Gasteiger partial charge is 0.457 e. The summed E-state index contributed by atoms with van der Waals surface area (Å²) in [6.07, 6.45) is 6.99. The van der Waals surface area contributed by atoms with E-state index in [1.807, 2.05) is 30.6 Å². The van der Waals surface area contributed by atoms with Crippen molar-refractivity contribution in [3.05, 3.63) is 54.5 Å². The van der Waals surface area contributed by atoms with Gasteiger partial charge in [-0.15, -0.1) is 0 Å². The molecule has 138 valence electrons. The van der Waals surface area contributed by atoms with Gasteiger partial charge in [-0.1, -0.05) is 18.7 Å². The Kier molecular flexibility index (Phi) is 5.52. The van der Waals surface area contributed by atoms with Crippen molar-refractivity contribution in [1.29, 1.82) is 0 Å². The SMILES string of the molecule is C=CCOC(=O)C1=C(CCC[n+]2ccccc2)C[C@@H]2[C@@H]([C@@H](C)O)C(=O)N12. The maximum atomic E-state index is 12.5. The minimum atomic E-state index is -0.714. The van der Waals surface area contributed by atoms with Gasteiger partial charge in [-0.05, 0) is 25.3 Å². The molecule has 0 saturated carbocycles. The fraction of sp³-hybridized carbons (Fsp3) is 0.450. The number of aryl methyl sites for hydroxylation is 1. The Labute approximate surface area is 153 Å². The normalized spacial score (nSPS) is 22.7. The van der Waals surface area contributed by atoms with E-state index in [4.69, 9.17) is 4.74 Å². The van der Waals surface area contributed by atoms with E-state index < -0.39 is 18.0 Å². The summed E-state index contributed by atoms with van der Waals surface area (Å²) in [4.78, 5) is 26.4. The number of hydrogen-bond acceptors (Lipinski definition) is 4. The van der Waals surface area contributed by atoms with Crippen molar-refractivity contribution in [2.45, 2.75) is 44.9 Å². The van der Waals surface area contributed by atoms with Crippen LogP contribution in [0.4, 0.5) is 0 Å². The molecule has 1 aromatic rings. The second-order valence-electron chi connectivity index (χ2n) is 6.80. The monoisotopic (exact) mass is 357 g/mol. The molecule has 1 saturated heterocycles. The number of hydrogen-bond donors (Lipinski definition) is 1. The van der Waals surface area contributed by atoms with E-state index in [0.29, 0.717) is 18.5 Å². The third-order valence-electron chi connectivity index (χ3n) is 5.02. The highest BCUT2D eigenvalue weighted by Gasteiger charge is 2.56. The molecule has 3 atom stereocenters. The van der Waals surface area contributed by atoms with Gasteiger partial charge in [0.1, 0.15) is 18.8 Å². The van der Waals surface area contributed by atoms with Crippen molar-refractivity contribution in [3.8, 4) is 0 Å². The quantitative estimate of drug-likeness (QED) is 0.330. The highest BCUT2D eigenvalue weighted by Crippen LogP contribution is 2.45. The molecule has 1 amide bonds. The summed E-state index contributed by atoms with van der Waals surface area (Å²) in [5.41, 5.74) is 1.31. The van der Waals surface area contributed by atoms with Gasteiger partial charge in [0.05, 0.1) is 18.1 Å². The highest BCUT2D eigenvalue weighted by molar-refractivity contribution is 6.00. The lowest BCUT2D eigenvalue weighted by atomic mass is 9.83. The molecule has 6 nitrogen and oxygen atoms in total. The van der Waals surface area contributed by atoms with Crippen molar-refractivity contribution < 1.29 is 24.0 Å². The third kappa shape index (κ3) is 3.42. The van der Waals surface area contributed by atoms with Crippen LogP contribution >= 0.6 is 0 Å². The zero-order valence-corrected chi connectivity index (χ0v) is 15.0. The number of carbonyl (C=O) groups excluding carboxylic acids is 2. The number of esters is 1. The van der Waals surface area contributed by atoms with Crippen molar-refractivity contribution >= 4 is 11.9 Å². The molecule has 6 heteroatoms. The highest BCUT2D eigenvalue weighted by atomic mass is 16.5. The number of aliphatic hydroxyl groups excluding tert-OH is 1. The number of aliphatic hydroxyl groups is 1. The molecular formula is C20H25N2O4+. The van der Waals surface area contributed by atoms with Gasteiger partial charge in [-0.2, -0.15) is 0 Å². The van der Waals surface area contributed by atoms with Gasteiger partial charge in [0, 0.05) is 18.6 Å². The zero-order valence-electron chi connectivity index (χ0n) is 15.0. The van der Waals surface area contributed by atoms with E-state index in [1.54, 1.807) is 6.92 Å². The van der Waals surface area contributed by atoms with Gasteiger partial charge < -0.3 is 14.7 Å². The molecule has 0 aromatic carbocycles. The molecule has 0 radical (unpaired) electrons. The van der Waals surface area contributed by atoms with Crippen molar-refractivity contribution in [2.24, 2.45) is 5.92 Å². The number of pyridine rings is 1. The molecule has 26 heavy (non-hydrogen) atoms. The lowest BCUT2D eigenvalue weighted by Gasteiger charge is -2.44. The van der Waals surface area contributed by atoms with Crippen LogP contribution in [0.15, 0.2) is 54.5 Å². The predicted octanol–water partition coefficient (Wildman–Crippen LogP) is 1.35. The first-order valence-electron chi connectivity index (χ1n) is 9.00. The predicted molar refractivity (Wildman–Crippen MR) is 94.5 cm³/mol. The Morgan fingerprint density at radius 2 is 2.19 bits per heavy atom. The Balaban J connectivity index is 1.73. The summed E-state index contributed by atoms with van der Waals surface area (Å²) in [5, 5.41) is 9.87. The molecule has 0 aliphatic carbocycles. The number of amides is 1. The standard InChI is InChI=1S/C20H25N2O4/c1-3-12-26-20(25)18-15(8-7-11-21-9-5-4-6-10-21)13-16-17(14(2)23)19(24)22(16)18/h3-6,9-10,14,16-17,23H,1,7-8,11-13H2,2H3/q+1/t14-,16-,17-/m1/s1. The Morgan fingerprint density at radius 1 is 1.46 bits per heavy atom. The summed E-state index contributed by atoms with van der Waals surface area (Å²) >= 11 is 0. The first kappa shape index (κ1) is 18.3. The summed E-state index contributed by atoms with van der Waals surface area (Å²) in [7, 11) is 0. The van der Waals surface area contributed by atoms with E-state index in [2.05, 4.69) is 11.1 Å². The Bertz CT molecular complexity index is 727. The van der Waals surface area contributed by atoms with Crippen LogP contribution in [0.25, 0.3) is 0 Å². The topological polar surface area (TPSA) is 70.7 Å². The van der Waals surface area contributed by atoms with Gasteiger partial charge in [0.2, 0.25) is 5.91 Å². The molecule has 3 rings (SSSR count). The maximum absolute atomic E-state index is 12.5. The Hall–Kier alpha value is -2.47. The number of β-lactam (4-membered cyclic amide) rings is 1. The van der Waals surface area contributed by atoms with E-state index in [-0.39, 0.29) is 18.6 Å². The number of fused-ring (bicyclic) bond motifs is 1. The van der Waals surface area contributed by atoms with Crippen LogP contribution in [-0.4, -0.2) is 40.6 Å². The average molecular weight is 357 g/mol. The molecule has 2 aliphatic heterocycles. The number of rotatable bonds is 8. The molecule has 3 heterocycles. The third-order valence-corrected chi connectivity index (χ3v) is 5.02. The van der Waals surface area contributed by atoms with Crippen LogP contribution in [0, 0.1) is 5.92 Å². The van der Waals surface area contributed by atoms with Crippen LogP contribution in [0.5, 0.6) is 0 Å². The average Bonchev–Trinajstić information content (AvgIpc) is 2.94. The van der Waals surface area contributed by atoms with E-state index in [9.17, 15) is 14.7 Å². The summed E-state index contributed by atoms with van der Waals surface area (Å²) in [5.74, 6) is -1.10. The first-order valence-corrected chi connectivity index (χ1v) is 9.00. The molecule has 1 fully saturated rings. The van der Waals surface area contributed by atoms with Gasteiger partial charge >= 0.3 is 5.97 Å². The van der Waals surface area contributed by atoms with Crippen LogP contribution in [0.3, 0.4) is 0 Å². The minimum absolute atomic E-state index is 0.113. The minimum Gasteiger partial charge on any atom is -0.457 e. The molecule has 0 spiro atoms. The van der Waals surface area contributed by atoms with E-state index in [1.165, 1.54) is 11.0 Å². The van der Waals surface area contributed by atoms with Crippen molar-refractivity contribution in [3.63, 3.8) is 0 Å². The smallest absolute Gasteiger partial charge is 0.355 e. The summed E-state index contributed by atoms with van der Waals surface area (Å²) < 4.78 is 7.28. The molecule has 0 unspecified atom stereocenters. The fourth-order valence-corrected chi connectivity index (χ4v) is 3.83. The Morgan fingerprint density at radius 3 is 2.85 bits per heavy atom. The van der Waals surface area contributed by atoms with E-state index in [0.717, 1.165) is 18.5 Å². The summed E-state index contributed by atoms with van der Waals surface area (Å²) in [6, 6.07) is 5.79. The lowest BCUT2D eigenvalue weighted by molar-refractivity contribution is -0.697. The van der Waals surface area contributed by atoms with Gasteiger partial charge in [-0.3, -0.25) is 4.79 Å². The first-order chi connectivity index (χ1) is 12.5. The summed E-state index contributed by atoms with van der Waals surface area (Å²) in [6.45, 7) is 6.12. The number of ether oxygens (including phenoxy) is 1. The van der Waals surface area contributed by atoms with Crippen LogP contribution in [0.2, 0.25) is 0 Å². The number of nitrogens with zero attached hydrogens (tertiary/aromatic N) is 2. The lowest BCUT2D eigenvalue weighted by Crippen LogP contribution is -2.61. The maximum Gasteiger partial charge on any atom is 0.355 e. The van der Waals surface area contributed by atoms with Gasteiger partial charge in [-0.25, -0.2) is 9.36 Å². The molecule has 1 aromatic heterocycles. The van der Waals surface area contributed by atoms with E-state index >= 15 is 0 Å². The molecule has 2 aliphatic rings. The van der Waals surface area contributed by atoms with Crippen molar-refractivity contribution in [1.82, 2.24) is 4.90 Å². The van der Waals surface area contributed by atoms with Crippen LogP contribution in [-0.2, 0) is 20.9 Å². The van der Waals surface area contributed by atoms with Crippen LogP contribution in [0.1, 0.15) is 26.2 Å².